The van der Waals surface area contributed by atoms with E-state index in [2.05, 4.69) is 121 Å². The smallest absolute Gasteiger partial charge is 0.00199 e. The van der Waals surface area contributed by atoms with E-state index in [9.17, 15) is 0 Å². The molecule has 0 unspecified atom stereocenters. The fourth-order valence-electron chi connectivity index (χ4n) is 5.97. The Hall–Kier alpha value is -4.42. The van der Waals surface area contributed by atoms with Gasteiger partial charge in [-0.05, 0) is 94.7 Å². The van der Waals surface area contributed by atoms with E-state index in [1.54, 1.807) is 0 Å². The zero-order valence-electron chi connectivity index (χ0n) is 18.5. The highest BCUT2D eigenvalue weighted by atomic mass is 14.3. The molecule has 0 saturated carbocycles. The molecule has 0 heterocycles. The van der Waals surface area contributed by atoms with Gasteiger partial charge >= 0.3 is 0 Å². The van der Waals surface area contributed by atoms with Gasteiger partial charge in [-0.2, -0.15) is 0 Å². The summed E-state index contributed by atoms with van der Waals surface area (Å²) in [4.78, 5) is 0. The maximum absolute atomic E-state index is 2.39. The second kappa shape index (κ2) is 6.56. The molecule has 0 aromatic heterocycles. The Bertz CT molecular complexity index is 1960. The maximum Gasteiger partial charge on any atom is -0.00199 e. The highest BCUT2D eigenvalue weighted by Gasteiger charge is 2.23. The van der Waals surface area contributed by atoms with E-state index < -0.39 is 0 Å². The molecule has 0 nitrogen and oxygen atoms in total. The lowest BCUT2D eigenvalue weighted by molar-refractivity contribution is 1.64. The summed E-state index contributed by atoms with van der Waals surface area (Å²) < 4.78 is 0. The Labute approximate surface area is 197 Å². The molecule has 0 N–H and O–H groups in total. The first-order valence-electron chi connectivity index (χ1n) is 11.9. The van der Waals surface area contributed by atoms with Crippen molar-refractivity contribution in [3.63, 3.8) is 0 Å². The van der Waals surface area contributed by atoms with Crippen LogP contribution < -0.4 is 0 Å². The lowest BCUT2D eigenvalue weighted by atomic mass is 9.94. The predicted octanol–water partition coefficient (Wildman–Crippen LogP) is 9.61. The first-order chi connectivity index (χ1) is 16.8. The second-order valence-electron chi connectivity index (χ2n) is 9.36. The van der Waals surface area contributed by atoms with Crippen molar-refractivity contribution in [2.45, 2.75) is 0 Å². The Morgan fingerprint density at radius 2 is 0.941 bits per heavy atom. The molecule has 156 valence electrons. The van der Waals surface area contributed by atoms with Crippen LogP contribution in [-0.4, -0.2) is 0 Å². The number of hydrogen-bond donors (Lipinski definition) is 0. The quantitative estimate of drug-likeness (QED) is 0.228. The summed E-state index contributed by atoms with van der Waals surface area (Å²) in [6, 6.07) is 44.8. The number of benzene rings is 7. The molecule has 0 heteroatoms. The topological polar surface area (TPSA) is 0 Å². The maximum atomic E-state index is 2.39. The van der Waals surface area contributed by atoms with Crippen LogP contribution in [0.5, 0.6) is 0 Å². The van der Waals surface area contributed by atoms with E-state index in [1.165, 1.54) is 76.5 Å². The van der Waals surface area contributed by atoms with Gasteiger partial charge in [0.2, 0.25) is 0 Å². The van der Waals surface area contributed by atoms with Crippen molar-refractivity contribution in [3.8, 4) is 33.4 Å². The Morgan fingerprint density at radius 1 is 0.294 bits per heavy atom. The fraction of sp³-hybridized carbons (Fsp3) is 0. The molecule has 0 bridgehead atoms. The third-order valence-corrected chi connectivity index (χ3v) is 7.56. The molecule has 0 fully saturated rings. The van der Waals surface area contributed by atoms with E-state index in [0.717, 1.165) is 0 Å². The van der Waals surface area contributed by atoms with Crippen molar-refractivity contribution >= 4 is 43.1 Å². The summed E-state index contributed by atoms with van der Waals surface area (Å²) in [6.07, 6.45) is 0. The number of rotatable bonds is 1. The van der Waals surface area contributed by atoms with Gasteiger partial charge in [0, 0.05) is 0 Å². The lowest BCUT2D eigenvalue weighted by Gasteiger charge is -2.09. The monoisotopic (exact) mass is 428 g/mol. The summed E-state index contributed by atoms with van der Waals surface area (Å²) in [6.45, 7) is 0. The Morgan fingerprint density at radius 3 is 1.85 bits per heavy atom. The first-order valence-corrected chi connectivity index (χ1v) is 11.9. The minimum absolute atomic E-state index is 1.26. The van der Waals surface area contributed by atoms with Crippen molar-refractivity contribution in [1.82, 2.24) is 0 Å². The van der Waals surface area contributed by atoms with Crippen LogP contribution in [0.4, 0.5) is 0 Å². The largest absolute Gasteiger partial charge is 0.0616 e. The van der Waals surface area contributed by atoms with E-state index in [0.29, 0.717) is 0 Å². The molecule has 0 radical (unpaired) electrons. The second-order valence-corrected chi connectivity index (χ2v) is 9.36. The summed E-state index contributed by atoms with van der Waals surface area (Å²) in [7, 11) is 0. The van der Waals surface area contributed by atoms with Crippen molar-refractivity contribution in [2.75, 3.05) is 0 Å². The summed E-state index contributed by atoms with van der Waals surface area (Å²) >= 11 is 0. The molecule has 8 rings (SSSR count). The van der Waals surface area contributed by atoms with Crippen LogP contribution in [-0.2, 0) is 0 Å². The lowest BCUT2D eigenvalue weighted by Crippen LogP contribution is -1.83. The highest BCUT2D eigenvalue weighted by Crippen LogP contribution is 2.50. The zero-order chi connectivity index (χ0) is 22.2. The normalized spacial score (nSPS) is 12.1. The van der Waals surface area contributed by atoms with Gasteiger partial charge < -0.3 is 0 Å². The van der Waals surface area contributed by atoms with Crippen molar-refractivity contribution in [1.29, 1.82) is 0 Å². The average molecular weight is 429 g/mol. The summed E-state index contributed by atoms with van der Waals surface area (Å²) in [5, 5.41) is 10.6. The Kier molecular flexibility index (Phi) is 3.48. The number of fused-ring (bicyclic) bond motifs is 8. The third-order valence-electron chi connectivity index (χ3n) is 7.56. The molecule has 0 aliphatic heterocycles. The van der Waals surface area contributed by atoms with Gasteiger partial charge in [0.15, 0.2) is 0 Å². The van der Waals surface area contributed by atoms with Crippen molar-refractivity contribution in [2.24, 2.45) is 0 Å². The molecule has 7 aromatic rings. The molecule has 34 heavy (non-hydrogen) atoms. The van der Waals surface area contributed by atoms with Gasteiger partial charge in [0.05, 0.1) is 0 Å². The van der Waals surface area contributed by atoms with E-state index in [-0.39, 0.29) is 0 Å². The molecule has 0 amide bonds. The summed E-state index contributed by atoms with van der Waals surface area (Å²) in [5.41, 5.74) is 7.92. The van der Waals surface area contributed by atoms with E-state index in [1.807, 2.05) is 0 Å². The van der Waals surface area contributed by atoms with Crippen LogP contribution >= 0.6 is 0 Å². The van der Waals surface area contributed by atoms with Crippen LogP contribution in [0.3, 0.4) is 0 Å². The average Bonchev–Trinajstić information content (AvgIpc) is 3.22. The molecule has 1 aliphatic rings. The van der Waals surface area contributed by atoms with Crippen LogP contribution in [0, 0.1) is 0 Å². The number of hydrogen-bond acceptors (Lipinski definition) is 0. The van der Waals surface area contributed by atoms with E-state index in [4.69, 9.17) is 0 Å². The van der Waals surface area contributed by atoms with Gasteiger partial charge in [0.1, 0.15) is 0 Å². The Balaban J connectivity index is 1.35. The summed E-state index contributed by atoms with van der Waals surface area (Å²) in [5.74, 6) is 0. The molecule has 1 aliphatic carbocycles. The minimum atomic E-state index is 1.26. The van der Waals surface area contributed by atoms with Gasteiger partial charge in [0.25, 0.3) is 0 Å². The van der Waals surface area contributed by atoms with Crippen LogP contribution in [0.1, 0.15) is 0 Å². The molecule has 7 aromatic carbocycles. The standard InChI is InChI=1S/C34H20/c1-3-8-26-21(6-1)12-13-25-18-22(14-16-28(25)26)23-15-17-29-32(19-23)31-11-5-10-30-27-9-4-2-7-24(27)20-33(29)34(30)31/h1-20H. The molecular formula is C34H20. The molecule has 0 saturated heterocycles. The molecule has 0 atom stereocenters. The fourth-order valence-corrected chi connectivity index (χ4v) is 5.97. The predicted molar refractivity (Wildman–Crippen MR) is 146 cm³/mol. The van der Waals surface area contributed by atoms with E-state index >= 15 is 0 Å². The van der Waals surface area contributed by atoms with Crippen molar-refractivity contribution < 1.29 is 0 Å². The van der Waals surface area contributed by atoms with Crippen molar-refractivity contribution in [3.05, 3.63) is 121 Å². The van der Waals surface area contributed by atoms with Crippen LogP contribution in [0.25, 0.3) is 76.5 Å². The van der Waals surface area contributed by atoms with Gasteiger partial charge in [-0.3, -0.25) is 0 Å². The zero-order valence-corrected chi connectivity index (χ0v) is 18.5. The van der Waals surface area contributed by atoms with Gasteiger partial charge in [-0.15, -0.1) is 0 Å². The van der Waals surface area contributed by atoms with Crippen LogP contribution in [0.2, 0.25) is 0 Å². The van der Waals surface area contributed by atoms with Crippen LogP contribution in [0.15, 0.2) is 121 Å². The minimum Gasteiger partial charge on any atom is -0.0616 e. The first kappa shape index (κ1) is 18.1. The van der Waals surface area contributed by atoms with Gasteiger partial charge in [-0.25, -0.2) is 0 Å². The van der Waals surface area contributed by atoms with Gasteiger partial charge in [-0.1, -0.05) is 103 Å². The SMILES string of the molecule is c1ccc2c(c1)ccc1cc(-c3ccc4c(c3)-c3cccc5c3c-4cc3ccccc35)ccc12. The molecule has 0 spiro atoms. The third kappa shape index (κ3) is 2.37. The highest BCUT2D eigenvalue weighted by molar-refractivity contribution is 6.23. The molecular weight excluding hydrogens is 408 g/mol.